The van der Waals surface area contributed by atoms with Crippen molar-refractivity contribution in [3.05, 3.63) is 79.2 Å². The number of halogens is 3. The maximum Gasteiger partial charge on any atom is 0.274 e. The van der Waals surface area contributed by atoms with Gasteiger partial charge in [0.25, 0.3) is 5.91 Å². The number of pyridine rings is 1. The lowest BCUT2D eigenvalue weighted by atomic mass is 10.1. The van der Waals surface area contributed by atoms with Crippen LogP contribution in [0, 0.1) is 0 Å². The zero-order valence-corrected chi connectivity index (χ0v) is 17.4. The highest BCUT2D eigenvalue weighted by molar-refractivity contribution is 7.09. The Hall–Kier alpha value is -1.79. The summed E-state index contributed by atoms with van der Waals surface area (Å²) in [6, 6.07) is 11.5. The minimum atomic E-state index is -0.335. The van der Waals surface area contributed by atoms with E-state index in [4.69, 9.17) is 39.5 Å². The predicted molar refractivity (Wildman–Crippen MR) is 110 cm³/mol. The van der Waals surface area contributed by atoms with E-state index in [0.29, 0.717) is 18.8 Å². The molecule has 0 unspecified atom stereocenters. The van der Waals surface area contributed by atoms with Crippen LogP contribution >= 0.6 is 46.1 Å². The molecule has 2 aromatic heterocycles. The van der Waals surface area contributed by atoms with Crippen LogP contribution in [0.1, 0.15) is 20.9 Å². The molecule has 8 heteroatoms. The first-order valence-corrected chi connectivity index (χ1v) is 9.95. The van der Waals surface area contributed by atoms with E-state index in [1.165, 1.54) is 6.20 Å². The second-order valence-corrected chi connectivity index (χ2v) is 7.83. The minimum Gasteiger partial charge on any atom is -0.496 e. The van der Waals surface area contributed by atoms with Gasteiger partial charge < -0.3 is 9.64 Å². The third kappa shape index (κ3) is 4.55. The molecule has 0 atom stereocenters. The van der Waals surface area contributed by atoms with Gasteiger partial charge in [0, 0.05) is 16.6 Å². The van der Waals surface area contributed by atoms with Gasteiger partial charge in [-0.3, -0.25) is 4.79 Å². The van der Waals surface area contributed by atoms with Gasteiger partial charge in [-0.15, -0.1) is 11.3 Å². The maximum atomic E-state index is 13.2. The highest BCUT2D eigenvalue weighted by atomic mass is 35.5. The van der Waals surface area contributed by atoms with Gasteiger partial charge in [-0.25, -0.2) is 4.98 Å². The molecule has 3 aromatic rings. The Morgan fingerprint density at radius 3 is 2.59 bits per heavy atom. The van der Waals surface area contributed by atoms with Gasteiger partial charge in [0.05, 0.1) is 35.3 Å². The first kappa shape index (κ1) is 20.0. The summed E-state index contributed by atoms with van der Waals surface area (Å²) in [5, 5.41) is 2.33. The SMILES string of the molecule is COc1ccccc1CN(Cc1cccs1)C(=O)c1ncc(Cl)c(Cl)c1Cl. The van der Waals surface area contributed by atoms with Gasteiger partial charge in [-0.1, -0.05) is 59.1 Å². The summed E-state index contributed by atoms with van der Waals surface area (Å²) in [5.74, 6) is 0.368. The van der Waals surface area contributed by atoms with Gasteiger partial charge >= 0.3 is 0 Å². The fourth-order valence-corrected chi connectivity index (χ4v) is 3.85. The van der Waals surface area contributed by atoms with E-state index in [-0.39, 0.29) is 26.7 Å². The molecule has 0 N–H and O–H groups in total. The molecular formula is C19H15Cl3N2O2S. The van der Waals surface area contributed by atoms with E-state index in [2.05, 4.69) is 4.98 Å². The van der Waals surface area contributed by atoms with Gasteiger partial charge in [0.1, 0.15) is 11.4 Å². The van der Waals surface area contributed by atoms with E-state index < -0.39 is 0 Å². The highest BCUT2D eigenvalue weighted by Crippen LogP contribution is 2.32. The van der Waals surface area contributed by atoms with E-state index >= 15 is 0 Å². The molecule has 0 saturated heterocycles. The molecule has 2 heterocycles. The van der Waals surface area contributed by atoms with E-state index in [1.54, 1.807) is 23.3 Å². The van der Waals surface area contributed by atoms with Gasteiger partial charge in [0.15, 0.2) is 0 Å². The van der Waals surface area contributed by atoms with Crippen LogP contribution in [0.3, 0.4) is 0 Å². The Balaban J connectivity index is 1.96. The van der Waals surface area contributed by atoms with Crippen molar-refractivity contribution in [1.82, 2.24) is 9.88 Å². The minimum absolute atomic E-state index is 0.0466. The second-order valence-electron chi connectivity index (χ2n) is 5.64. The number of hydrogen-bond acceptors (Lipinski definition) is 4. The molecule has 1 amide bonds. The number of carbonyl (C=O) groups is 1. The number of benzene rings is 1. The molecule has 0 spiro atoms. The summed E-state index contributed by atoms with van der Waals surface area (Å²) >= 11 is 19.8. The standard InChI is InChI=1S/C19H15Cl3N2O2S/c1-26-15-7-3-2-5-12(15)10-24(11-13-6-4-8-27-13)19(25)18-17(22)16(21)14(20)9-23-18/h2-9H,10-11H2,1H3. The van der Waals surface area contributed by atoms with Crippen LogP contribution in [0.2, 0.25) is 15.1 Å². The number of amides is 1. The van der Waals surface area contributed by atoms with E-state index in [0.717, 1.165) is 10.4 Å². The van der Waals surface area contributed by atoms with Crippen molar-refractivity contribution < 1.29 is 9.53 Å². The van der Waals surface area contributed by atoms with Crippen molar-refractivity contribution in [2.24, 2.45) is 0 Å². The van der Waals surface area contributed by atoms with Crippen LogP contribution in [0.4, 0.5) is 0 Å². The summed E-state index contributed by atoms with van der Waals surface area (Å²) in [6.07, 6.45) is 1.33. The average Bonchev–Trinajstić information content (AvgIpc) is 3.19. The molecule has 0 aliphatic heterocycles. The monoisotopic (exact) mass is 440 g/mol. The summed E-state index contributed by atoms with van der Waals surface area (Å²) in [5.41, 5.74) is 0.943. The number of nitrogens with zero attached hydrogens (tertiary/aromatic N) is 2. The molecule has 0 fully saturated rings. The molecule has 27 heavy (non-hydrogen) atoms. The number of ether oxygens (including phenoxy) is 1. The number of methoxy groups -OCH3 is 1. The molecule has 0 aliphatic carbocycles. The molecule has 3 rings (SSSR count). The Morgan fingerprint density at radius 2 is 1.89 bits per heavy atom. The largest absolute Gasteiger partial charge is 0.496 e. The number of rotatable bonds is 6. The molecule has 0 aliphatic rings. The first-order chi connectivity index (χ1) is 13.0. The van der Waals surface area contributed by atoms with Crippen molar-refractivity contribution in [1.29, 1.82) is 0 Å². The van der Waals surface area contributed by atoms with Crippen LogP contribution in [-0.4, -0.2) is 22.9 Å². The van der Waals surface area contributed by atoms with Crippen molar-refractivity contribution >= 4 is 52.0 Å². The Kier molecular flexibility index (Phi) is 6.60. The summed E-state index contributed by atoms with van der Waals surface area (Å²) < 4.78 is 5.41. The lowest BCUT2D eigenvalue weighted by molar-refractivity contribution is 0.0725. The zero-order valence-electron chi connectivity index (χ0n) is 14.3. The van der Waals surface area contributed by atoms with E-state index in [9.17, 15) is 4.79 Å². The summed E-state index contributed by atoms with van der Waals surface area (Å²) in [4.78, 5) is 20.0. The maximum absolute atomic E-state index is 13.2. The lowest BCUT2D eigenvalue weighted by Gasteiger charge is -2.23. The van der Waals surface area contributed by atoms with Crippen molar-refractivity contribution in [3.63, 3.8) is 0 Å². The Bertz CT molecular complexity index is 948. The van der Waals surface area contributed by atoms with E-state index in [1.807, 2.05) is 41.8 Å². The lowest BCUT2D eigenvalue weighted by Crippen LogP contribution is -2.31. The normalized spacial score (nSPS) is 10.7. The fraction of sp³-hybridized carbons (Fsp3) is 0.158. The smallest absolute Gasteiger partial charge is 0.274 e. The van der Waals surface area contributed by atoms with Crippen LogP contribution in [0.5, 0.6) is 5.75 Å². The molecule has 0 radical (unpaired) electrons. The van der Waals surface area contributed by atoms with Crippen molar-refractivity contribution in [2.45, 2.75) is 13.1 Å². The second kappa shape index (κ2) is 8.93. The van der Waals surface area contributed by atoms with Crippen LogP contribution < -0.4 is 4.74 Å². The molecule has 140 valence electrons. The average molecular weight is 442 g/mol. The molecule has 0 bridgehead atoms. The quantitative estimate of drug-likeness (QED) is 0.474. The topological polar surface area (TPSA) is 42.4 Å². The summed E-state index contributed by atoms with van der Waals surface area (Å²) in [6.45, 7) is 0.742. The first-order valence-electron chi connectivity index (χ1n) is 7.94. The molecule has 0 saturated carbocycles. The summed E-state index contributed by atoms with van der Waals surface area (Å²) in [7, 11) is 1.60. The number of hydrogen-bond donors (Lipinski definition) is 0. The zero-order chi connectivity index (χ0) is 19.4. The fourth-order valence-electron chi connectivity index (χ4n) is 2.57. The van der Waals surface area contributed by atoms with Crippen LogP contribution in [0.25, 0.3) is 0 Å². The highest BCUT2D eigenvalue weighted by Gasteiger charge is 2.24. The van der Waals surface area contributed by atoms with Crippen molar-refractivity contribution in [3.8, 4) is 5.75 Å². The number of thiophene rings is 1. The van der Waals surface area contributed by atoms with Crippen LogP contribution in [-0.2, 0) is 13.1 Å². The molecule has 1 aromatic carbocycles. The number of para-hydroxylation sites is 1. The molecular weight excluding hydrogens is 427 g/mol. The third-order valence-corrected chi connectivity index (χ3v) is 5.99. The van der Waals surface area contributed by atoms with Crippen LogP contribution in [0.15, 0.2) is 48.0 Å². The Labute approximate surface area is 176 Å². The third-order valence-electron chi connectivity index (χ3n) is 3.89. The Morgan fingerprint density at radius 1 is 1.11 bits per heavy atom. The number of carbonyl (C=O) groups excluding carboxylic acids is 1. The van der Waals surface area contributed by atoms with Crippen molar-refractivity contribution in [2.75, 3.05) is 7.11 Å². The predicted octanol–water partition coefficient (Wildman–Crippen LogP) is 5.95. The number of aromatic nitrogens is 1. The van der Waals surface area contributed by atoms with Gasteiger partial charge in [-0.2, -0.15) is 0 Å². The van der Waals surface area contributed by atoms with Gasteiger partial charge in [0.2, 0.25) is 0 Å². The van der Waals surface area contributed by atoms with Gasteiger partial charge in [-0.05, 0) is 17.5 Å². The molecule has 4 nitrogen and oxygen atoms in total.